The maximum absolute atomic E-state index is 11.7. The number of pyridine rings is 1. The minimum atomic E-state index is -1.34. The number of hydrogen-bond donors (Lipinski definition) is 1. The van der Waals surface area contributed by atoms with Crippen LogP contribution in [0.15, 0.2) is 50.6 Å². The van der Waals surface area contributed by atoms with Crippen LogP contribution in [0.1, 0.15) is 30.7 Å². The number of alkyl halides is 1. The van der Waals surface area contributed by atoms with E-state index in [9.17, 15) is 4.79 Å². The van der Waals surface area contributed by atoms with Gasteiger partial charge in [0.25, 0.3) is 0 Å². The molecule has 2 aromatic heterocycles. The van der Waals surface area contributed by atoms with E-state index in [-0.39, 0.29) is 50.9 Å². The average Bonchev–Trinajstić information content (AvgIpc) is 3.53. The molecule has 0 saturated carbocycles. The Hall–Kier alpha value is -0.770. The Morgan fingerprint density at radius 1 is 1.26 bits per heavy atom. The summed E-state index contributed by atoms with van der Waals surface area (Å²) in [4.78, 5) is 19.8. The van der Waals surface area contributed by atoms with Crippen molar-refractivity contribution in [2.24, 2.45) is 11.8 Å². The molecule has 2 fully saturated rings. The molecule has 182 valence electrons. The lowest BCUT2D eigenvalue weighted by molar-refractivity contribution is -0.0129. The van der Waals surface area contributed by atoms with Crippen LogP contribution >= 0.6 is 69.3 Å². The van der Waals surface area contributed by atoms with Crippen LogP contribution in [0.5, 0.6) is 0 Å². The van der Waals surface area contributed by atoms with Crippen molar-refractivity contribution in [3.05, 3.63) is 65.5 Å². The average molecular weight is 584 g/mol. The molecular weight excluding hydrogens is 564 g/mol. The smallest absolute Gasteiger partial charge is 0.248 e. The zero-order chi connectivity index (χ0) is 24.2. The molecule has 0 aliphatic carbocycles. The lowest BCUT2D eigenvalue weighted by Gasteiger charge is -2.48. The van der Waals surface area contributed by atoms with Crippen LogP contribution in [0.25, 0.3) is 0 Å². The number of halogens is 5. The number of thiazole rings is 1. The van der Waals surface area contributed by atoms with E-state index in [1.54, 1.807) is 29.4 Å². The van der Waals surface area contributed by atoms with E-state index in [1.165, 1.54) is 17.4 Å². The van der Waals surface area contributed by atoms with E-state index in [4.69, 9.17) is 67.5 Å². The monoisotopic (exact) mass is 581 g/mol. The molecule has 3 aliphatic heterocycles. The van der Waals surface area contributed by atoms with E-state index in [0.29, 0.717) is 23.2 Å². The van der Waals surface area contributed by atoms with Crippen molar-refractivity contribution < 1.29 is 9.47 Å². The maximum atomic E-state index is 11.7. The summed E-state index contributed by atoms with van der Waals surface area (Å²) in [6, 6.07) is 3.05. The van der Waals surface area contributed by atoms with Crippen LogP contribution in [-0.4, -0.2) is 33.8 Å². The van der Waals surface area contributed by atoms with Gasteiger partial charge in [0.05, 0.1) is 38.9 Å². The largest absolute Gasteiger partial charge is 0.377 e. The third-order valence-electron chi connectivity index (χ3n) is 6.53. The lowest BCUT2D eigenvalue weighted by Crippen LogP contribution is -2.54. The van der Waals surface area contributed by atoms with Crippen molar-refractivity contribution in [2.75, 3.05) is 11.5 Å². The van der Waals surface area contributed by atoms with Crippen molar-refractivity contribution in [2.45, 2.75) is 43.1 Å². The molecule has 5 heterocycles. The first kappa shape index (κ1) is 24.9. The fourth-order valence-electron chi connectivity index (χ4n) is 5.17. The van der Waals surface area contributed by atoms with Crippen LogP contribution in [0.2, 0.25) is 4.47 Å². The quantitative estimate of drug-likeness (QED) is 0.325. The minimum absolute atomic E-state index is 0.0139. The van der Waals surface area contributed by atoms with E-state index >= 15 is 0 Å². The standard InChI is InChI=1S/C22H20Cl5N3O3S/c1-10-6-12(19(33-10)15-9-29-21(26)34-15)18-13(4-5-32-18)22(27)20(25)14(23)7-16(24)30(22)11-2-3-17(31)28-8-11/h2-3,7-10,12-13,18-19H,4-6H2,1H3,(H,28,31). The van der Waals surface area contributed by atoms with Crippen LogP contribution in [-0.2, 0) is 9.47 Å². The van der Waals surface area contributed by atoms with Crippen molar-refractivity contribution in [3.8, 4) is 0 Å². The van der Waals surface area contributed by atoms with Gasteiger partial charge in [-0.05, 0) is 31.9 Å². The number of ether oxygens (including phenoxy) is 2. The molecule has 2 saturated heterocycles. The Labute approximate surface area is 225 Å². The Bertz CT molecular complexity index is 1200. The normalized spacial score (nSPS) is 34.1. The van der Waals surface area contributed by atoms with Crippen molar-refractivity contribution in [1.29, 1.82) is 0 Å². The molecule has 1 N–H and O–H groups in total. The second-order valence-corrected chi connectivity index (χ2v) is 12.0. The SMILES string of the molecule is CC1CC(C2OCCC2C2(Cl)C(Cl)=C(Cl)C=C(Cl)N2c2ccc(=O)[nH]c2)C(c2cnc(Cl)s2)O1. The van der Waals surface area contributed by atoms with E-state index in [0.717, 1.165) is 11.3 Å². The van der Waals surface area contributed by atoms with Crippen molar-refractivity contribution in [1.82, 2.24) is 9.97 Å². The van der Waals surface area contributed by atoms with Gasteiger partial charge < -0.3 is 19.4 Å². The van der Waals surface area contributed by atoms with E-state index in [2.05, 4.69) is 9.97 Å². The van der Waals surface area contributed by atoms with Gasteiger partial charge in [0.2, 0.25) is 5.56 Å². The number of nitrogens with zero attached hydrogens (tertiary/aromatic N) is 2. The molecule has 34 heavy (non-hydrogen) atoms. The second kappa shape index (κ2) is 9.60. The first-order valence-electron chi connectivity index (χ1n) is 10.7. The summed E-state index contributed by atoms with van der Waals surface area (Å²) in [5.41, 5.74) is 0.330. The third-order valence-corrected chi connectivity index (χ3v) is 9.60. The summed E-state index contributed by atoms with van der Waals surface area (Å²) in [7, 11) is 0. The van der Waals surface area contributed by atoms with E-state index in [1.807, 2.05) is 6.92 Å². The van der Waals surface area contributed by atoms with Crippen molar-refractivity contribution in [3.63, 3.8) is 0 Å². The number of rotatable bonds is 4. The molecule has 0 bridgehead atoms. The van der Waals surface area contributed by atoms with Crippen LogP contribution in [0.4, 0.5) is 5.69 Å². The number of aromatic nitrogens is 2. The number of aromatic amines is 1. The fourth-order valence-corrected chi connectivity index (χ4v) is 7.78. The van der Waals surface area contributed by atoms with Gasteiger partial charge in [-0.3, -0.25) is 4.79 Å². The number of hydrogen-bond acceptors (Lipinski definition) is 6. The van der Waals surface area contributed by atoms with Crippen molar-refractivity contribution >= 4 is 75.0 Å². The number of allylic oxidation sites excluding steroid dienone is 2. The molecule has 5 rings (SSSR count). The fraction of sp³-hybridized carbons (Fsp3) is 0.455. The van der Waals surface area contributed by atoms with Gasteiger partial charge in [-0.15, -0.1) is 11.3 Å². The van der Waals surface area contributed by atoms with Crippen LogP contribution < -0.4 is 10.5 Å². The van der Waals surface area contributed by atoms with Gasteiger partial charge in [-0.25, -0.2) is 4.98 Å². The zero-order valence-corrected chi connectivity index (χ0v) is 22.4. The van der Waals surface area contributed by atoms with Crippen LogP contribution in [0.3, 0.4) is 0 Å². The topological polar surface area (TPSA) is 67.5 Å². The third kappa shape index (κ3) is 4.22. The van der Waals surface area contributed by atoms with Gasteiger partial charge in [0.1, 0.15) is 5.16 Å². The molecule has 12 heteroatoms. The molecule has 2 aromatic rings. The first-order valence-corrected chi connectivity index (χ1v) is 13.4. The molecular formula is C22H20Cl5N3O3S. The molecule has 0 amide bonds. The predicted molar refractivity (Wildman–Crippen MR) is 137 cm³/mol. The van der Waals surface area contributed by atoms with E-state index < -0.39 is 5.00 Å². The first-order chi connectivity index (χ1) is 16.2. The number of H-pyrrole nitrogens is 1. The number of nitrogens with one attached hydrogen (secondary N) is 1. The highest BCUT2D eigenvalue weighted by Crippen LogP contribution is 2.56. The zero-order valence-electron chi connectivity index (χ0n) is 17.8. The highest BCUT2D eigenvalue weighted by atomic mass is 35.5. The molecule has 0 spiro atoms. The molecule has 0 aromatic carbocycles. The number of anilines is 1. The molecule has 0 radical (unpaired) electrons. The van der Waals surface area contributed by atoms with Gasteiger partial charge in [0.15, 0.2) is 9.46 Å². The van der Waals surface area contributed by atoms with Gasteiger partial charge in [0, 0.05) is 36.9 Å². The summed E-state index contributed by atoms with van der Waals surface area (Å²) in [5.74, 6) is -0.311. The molecule has 3 aliphatic rings. The Balaban J connectivity index is 1.57. The van der Waals surface area contributed by atoms with Gasteiger partial charge in [-0.1, -0.05) is 58.0 Å². The maximum Gasteiger partial charge on any atom is 0.248 e. The minimum Gasteiger partial charge on any atom is -0.377 e. The molecule has 6 atom stereocenters. The Morgan fingerprint density at radius 3 is 2.74 bits per heavy atom. The highest BCUT2D eigenvalue weighted by Gasteiger charge is 2.57. The summed E-state index contributed by atoms with van der Waals surface area (Å²) < 4.78 is 13.0. The lowest BCUT2D eigenvalue weighted by atomic mass is 9.79. The van der Waals surface area contributed by atoms with Crippen LogP contribution in [0, 0.1) is 11.8 Å². The van der Waals surface area contributed by atoms with Gasteiger partial charge in [-0.2, -0.15) is 0 Å². The predicted octanol–water partition coefficient (Wildman–Crippen LogP) is 6.58. The second-order valence-electron chi connectivity index (χ2n) is 8.56. The highest BCUT2D eigenvalue weighted by molar-refractivity contribution is 7.15. The molecule has 6 nitrogen and oxygen atoms in total. The summed E-state index contributed by atoms with van der Waals surface area (Å²) in [6.45, 7) is 2.53. The Kier molecular flexibility index (Phi) is 7.03. The summed E-state index contributed by atoms with van der Waals surface area (Å²) in [5, 5.41) is 0.787. The summed E-state index contributed by atoms with van der Waals surface area (Å²) >= 11 is 35.0. The van der Waals surface area contributed by atoms with Gasteiger partial charge >= 0.3 is 0 Å². The summed E-state index contributed by atoms with van der Waals surface area (Å²) in [6.07, 6.45) is 5.72. The molecule has 6 unspecified atom stereocenters. The Morgan fingerprint density at radius 2 is 2.06 bits per heavy atom.